The normalized spacial score (nSPS) is 27.9. The fourth-order valence-electron chi connectivity index (χ4n) is 3.54. The summed E-state index contributed by atoms with van der Waals surface area (Å²) in [6.07, 6.45) is 5.67. The lowest BCUT2D eigenvalue weighted by Crippen LogP contribution is -2.89. The summed E-state index contributed by atoms with van der Waals surface area (Å²) in [6.45, 7) is 3.64. The van der Waals surface area contributed by atoms with Crippen molar-refractivity contribution in [3.8, 4) is 0 Å². The largest absolute Gasteiger partial charge is 0.340 e. The van der Waals surface area contributed by atoms with Gasteiger partial charge in [0.25, 0.3) is 0 Å². The van der Waals surface area contributed by atoms with Gasteiger partial charge in [-0.3, -0.25) is 0 Å². The maximum Gasteiger partial charge on any atom is 0.109 e. The summed E-state index contributed by atoms with van der Waals surface area (Å²) >= 11 is 0. The van der Waals surface area contributed by atoms with Crippen molar-refractivity contribution in [2.24, 2.45) is 0 Å². The lowest BCUT2D eigenvalue weighted by molar-refractivity contribution is -0.703. The fraction of sp³-hybridized carbons (Fsp3) is 0.571. The summed E-state index contributed by atoms with van der Waals surface area (Å²) in [5.74, 6) is 0. The second-order valence-electron chi connectivity index (χ2n) is 5.30. The van der Waals surface area contributed by atoms with Crippen molar-refractivity contribution in [3.63, 3.8) is 0 Å². The van der Waals surface area contributed by atoms with Crippen LogP contribution < -0.4 is 5.32 Å². The predicted molar refractivity (Wildman–Crippen MR) is 61.8 cm³/mol. The van der Waals surface area contributed by atoms with E-state index in [2.05, 4.69) is 36.5 Å². The Morgan fingerprint density at radius 2 is 1.93 bits per heavy atom. The van der Waals surface area contributed by atoms with Gasteiger partial charge >= 0.3 is 0 Å². The molecule has 0 saturated heterocycles. The Labute approximate surface area is 91.9 Å². The summed E-state index contributed by atoms with van der Waals surface area (Å²) < 4.78 is 0. The zero-order chi connectivity index (χ0) is 10.3. The van der Waals surface area contributed by atoms with E-state index < -0.39 is 0 Å². The minimum absolute atomic E-state index is 0.531. The SMILES string of the molecule is CC1[NH2+]CC2(CCCC2)c2ccccc21. The molecule has 0 radical (unpaired) electrons. The van der Waals surface area contributed by atoms with Gasteiger partial charge < -0.3 is 5.32 Å². The van der Waals surface area contributed by atoms with Crippen LogP contribution >= 0.6 is 0 Å². The Morgan fingerprint density at radius 3 is 2.73 bits per heavy atom. The van der Waals surface area contributed by atoms with E-state index in [1.807, 2.05) is 0 Å². The van der Waals surface area contributed by atoms with Crippen LogP contribution in [0.15, 0.2) is 24.3 Å². The zero-order valence-corrected chi connectivity index (χ0v) is 9.50. The number of rotatable bonds is 0. The molecule has 1 spiro atoms. The predicted octanol–water partition coefficient (Wildman–Crippen LogP) is 2.14. The molecule has 0 amide bonds. The lowest BCUT2D eigenvalue weighted by atomic mass is 9.73. The molecule has 15 heavy (non-hydrogen) atoms. The van der Waals surface area contributed by atoms with Gasteiger partial charge in [-0.2, -0.15) is 0 Å². The minimum atomic E-state index is 0.531. The molecule has 3 rings (SSSR count). The molecule has 1 heteroatoms. The summed E-state index contributed by atoms with van der Waals surface area (Å²) in [5, 5.41) is 2.54. The number of quaternary nitrogens is 1. The van der Waals surface area contributed by atoms with Gasteiger partial charge in [0.15, 0.2) is 0 Å². The molecule has 1 aliphatic heterocycles. The van der Waals surface area contributed by atoms with Gasteiger partial charge in [-0.1, -0.05) is 37.1 Å². The summed E-state index contributed by atoms with van der Waals surface area (Å²) in [5.41, 5.74) is 3.78. The van der Waals surface area contributed by atoms with Crippen LogP contribution in [0.2, 0.25) is 0 Å². The first-order chi connectivity index (χ1) is 7.32. The van der Waals surface area contributed by atoms with Crippen molar-refractivity contribution in [1.82, 2.24) is 0 Å². The van der Waals surface area contributed by atoms with Crippen LogP contribution in [0.1, 0.15) is 49.8 Å². The second kappa shape index (κ2) is 3.34. The van der Waals surface area contributed by atoms with Crippen LogP contribution in [0.25, 0.3) is 0 Å². The van der Waals surface area contributed by atoms with Gasteiger partial charge in [-0.05, 0) is 25.3 Å². The van der Waals surface area contributed by atoms with Crippen LogP contribution in [0.5, 0.6) is 0 Å². The molecule has 1 aromatic rings. The molecule has 2 aliphatic rings. The third kappa shape index (κ3) is 1.33. The topological polar surface area (TPSA) is 16.6 Å². The maximum atomic E-state index is 2.54. The van der Waals surface area contributed by atoms with E-state index in [1.165, 1.54) is 32.2 Å². The number of fused-ring (bicyclic) bond motifs is 2. The molecule has 1 aromatic carbocycles. The van der Waals surface area contributed by atoms with Crippen molar-refractivity contribution in [2.45, 2.75) is 44.1 Å². The van der Waals surface area contributed by atoms with E-state index >= 15 is 0 Å². The Bertz CT molecular complexity index is 363. The maximum absolute atomic E-state index is 2.54. The number of hydrogen-bond donors (Lipinski definition) is 1. The Morgan fingerprint density at radius 1 is 1.20 bits per heavy atom. The van der Waals surface area contributed by atoms with E-state index in [-0.39, 0.29) is 0 Å². The summed E-state index contributed by atoms with van der Waals surface area (Å²) in [4.78, 5) is 0. The van der Waals surface area contributed by atoms with Crippen LogP contribution in [0.3, 0.4) is 0 Å². The van der Waals surface area contributed by atoms with E-state index in [0.717, 1.165) is 0 Å². The van der Waals surface area contributed by atoms with E-state index in [4.69, 9.17) is 0 Å². The molecule has 1 saturated carbocycles. The monoisotopic (exact) mass is 202 g/mol. The Balaban J connectivity index is 2.11. The molecule has 1 nitrogen and oxygen atoms in total. The average molecular weight is 202 g/mol. The van der Waals surface area contributed by atoms with Crippen molar-refractivity contribution in [3.05, 3.63) is 35.4 Å². The van der Waals surface area contributed by atoms with Crippen LogP contribution in [-0.4, -0.2) is 6.54 Å². The molecule has 1 heterocycles. The second-order valence-corrected chi connectivity index (χ2v) is 5.30. The highest BCUT2D eigenvalue weighted by Crippen LogP contribution is 2.43. The first-order valence-corrected chi connectivity index (χ1v) is 6.25. The van der Waals surface area contributed by atoms with E-state index in [1.54, 1.807) is 11.1 Å². The van der Waals surface area contributed by atoms with Crippen molar-refractivity contribution >= 4 is 0 Å². The highest BCUT2D eigenvalue weighted by atomic mass is 14.9. The molecule has 80 valence electrons. The molecule has 2 N–H and O–H groups in total. The lowest BCUT2D eigenvalue weighted by Gasteiger charge is -2.36. The quantitative estimate of drug-likeness (QED) is 0.664. The van der Waals surface area contributed by atoms with Crippen molar-refractivity contribution < 1.29 is 5.32 Å². The smallest absolute Gasteiger partial charge is 0.109 e. The summed E-state index contributed by atoms with van der Waals surface area (Å²) in [6, 6.07) is 9.78. The molecular weight excluding hydrogens is 182 g/mol. The van der Waals surface area contributed by atoms with Crippen molar-refractivity contribution in [1.29, 1.82) is 0 Å². The number of hydrogen-bond acceptors (Lipinski definition) is 0. The average Bonchev–Trinajstić information content (AvgIpc) is 2.74. The van der Waals surface area contributed by atoms with Gasteiger partial charge in [-0.25, -0.2) is 0 Å². The number of nitrogens with two attached hydrogens (primary N) is 1. The number of benzene rings is 1. The highest BCUT2D eigenvalue weighted by Gasteiger charge is 2.42. The fourth-order valence-corrected chi connectivity index (χ4v) is 3.54. The molecule has 1 fully saturated rings. The van der Waals surface area contributed by atoms with E-state index in [9.17, 15) is 0 Å². The van der Waals surface area contributed by atoms with Gasteiger partial charge in [0.1, 0.15) is 6.04 Å². The van der Waals surface area contributed by atoms with Gasteiger partial charge in [0, 0.05) is 11.0 Å². The Kier molecular flexibility index (Phi) is 2.10. The molecule has 1 unspecified atom stereocenters. The van der Waals surface area contributed by atoms with E-state index in [0.29, 0.717) is 11.5 Å². The summed E-state index contributed by atoms with van der Waals surface area (Å²) in [7, 11) is 0. The molecular formula is C14H20N+. The molecule has 0 aromatic heterocycles. The first kappa shape index (κ1) is 9.41. The van der Waals surface area contributed by atoms with Crippen LogP contribution in [0.4, 0.5) is 0 Å². The first-order valence-electron chi connectivity index (χ1n) is 6.25. The molecule has 1 aliphatic carbocycles. The molecule has 1 atom stereocenters. The third-order valence-electron chi connectivity index (χ3n) is 4.45. The highest BCUT2D eigenvalue weighted by molar-refractivity contribution is 5.37. The minimum Gasteiger partial charge on any atom is -0.340 e. The standard InChI is InChI=1S/C14H19N/c1-11-12-6-2-3-7-13(12)14(10-15-11)8-4-5-9-14/h2-3,6-7,11,15H,4-5,8-10H2,1H3/p+1. The van der Waals surface area contributed by atoms with Gasteiger partial charge in [0.05, 0.1) is 6.54 Å². The van der Waals surface area contributed by atoms with Gasteiger partial charge in [0.2, 0.25) is 0 Å². The zero-order valence-electron chi connectivity index (χ0n) is 9.50. The molecule has 0 bridgehead atoms. The van der Waals surface area contributed by atoms with Crippen molar-refractivity contribution in [2.75, 3.05) is 6.54 Å². The van der Waals surface area contributed by atoms with Gasteiger partial charge in [-0.15, -0.1) is 0 Å². The Hall–Kier alpha value is -0.820. The van der Waals surface area contributed by atoms with Crippen LogP contribution in [-0.2, 0) is 5.41 Å². The van der Waals surface area contributed by atoms with Crippen LogP contribution in [0, 0.1) is 0 Å². The third-order valence-corrected chi connectivity index (χ3v) is 4.45.